The minimum atomic E-state index is -4.75. The second kappa shape index (κ2) is 17.5. The Labute approximate surface area is 339 Å². The highest BCUT2D eigenvalue weighted by atomic mass is 35.7. The average molecular weight is 873 g/mol. The van der Waals surface area contributed by atoms with Crippen LogP contribution < -0.4 is 10.5 Å². The zero-order chi connectivity index (χ0) is 42.6. The number of aromatic amines is 2. The zero-order valence-electron chi connectivity index (χ0n) is 30.6. The Balaban J connectivity index is 0.000000164. The maximum absolute atomic E-state index is 13.7. The molecule has 308 valence electrons. The zero-order valence-corrected chi connectivity index (χ0v) is 33.0. The van der Waals surface area contributed by atoms with Crippen LogP contribution in [0.4, 0.5) is 26.3 Å². The van der Waals surface area contributed by atoms with Crippen molar-refractivity contribution in [1.29, 1.82) is 0 Å². The molecule has 0 amide bonds. The molecule has 0 spiro atoms. The van der Waals surface area contributed by atoms with E-state index >= 15 is 0 Å². The van der Waals surface area contributed by atoms with Gasteiger partial charge in [0.05, 0.1) is 9.79 Å². The lowest BCUT2D eigenvalue weighted by Crippen LogP contribution is -2.46. The Bertz CT molecular complexity index is 2940. The summed E-state index contributed by atoms with van der Waals surface area (Å²) < 4.78 is 128. The number of nitrogens with two attached hydrogens (primary N) is 1. The largest absolute Gasteiger partial charge is 0.405 e. The molecule has 8 nitrogen and oxygen atoms in total. The number of hydrogen-bond acceptors (Lipinski definition) is 5. The summed E-state index contributed by atoms with van der Waals surface area (Å²) in [4.78, 5) is 5.83. The van der Waals surface area contributed by atoms with Crippen molar-refractivity contribution < 1.29 is 43.2 Å². The maximum Gasteiger partial charge on any atom is 0.405 e. The molecule has 0 bridgehead atoms. The second-order valence-electron chi connectivity index (χ2n) is 13.4. The van der Waals surface area contributed by atoms with E-state index in [9.17, 15) is 43.2 Å². The van der Waals surface area contributed by atoms with Gasteiger partial charge in [-0.1, -0.05) is 109 Å². The van der Waals surface area contributed by atoms with E-state index in [1.54, 1.807) is 91.1 Å². The van der Waals surface area contributed by atoms with Gasteiger partial charge in [0.2, 0.25) is 10.0 Å². The van der Waals surface area contributed by atoms with Crippen LogP contribution in [-0.2, 0) is 31.9 Å². The van der Waals surface area contributed by atoms with Gasteiger partial charge in [0.25, 0.3) is 9.05 Å². The van der Waals surface area contributed by atoms with E-state index in [2.05, 4.69) is 9.97 Å². The molecule has 0 saturated heterocycles. The third-order valence-electron chi connectivity index (χ3n) is 9.38. The number of halogens is 7. The lowest BCUT2D eigenvalue weighted by Gasteiger charge is -2.22. The van der Waals surface area contributed by atoms with E-state index < -0.39 is 49.9 Å². The molecule has 8 aromatic rings. The van der Waals surface area contributed by atoms with Gasteiger partial charge in [-0.2, -0.15) is 31.1 Å². The Hall–Kier alpha value is -5.39. The molecule has 0 aliphatic rings. The summed E-state index contributed by atoms with van der Waals surface area (Å²) in [6, 6.07) is 33.6. The van der Waals surface area contributed by atoms with E-state index in [-0.39, 0.29) is 16.2 Å². The van der Waals surface area contributed by atoms with E-state index in [1.807, 2.05) is 35.1 Å². The van der Waals surface area contributed by atoms with Crippen LogP contribution in [0.15, 0.2) is 156 Å². The first-order valence-electron chi connectivity index (χ1n) is 17.7. The maximum atomic E-state index is 13.7. The highest BCUT2D eigenvalue weighted by molar-refractivity contribution is 8.14. The third kappa shape index (κ3) is 10.4. The predicted octanol–water partition coefficient (Wildman–Crippen LogP) is 10.1. The van der Waals surface area contributed by atoms with Crippen molar-refractivity contribution in [3.63, 3.8) is 0 Å². The van der Waals surface area contributed by atoms with Gasteiger partial charge in [0.15, 0.2) is 0 Å². The quantitative estimate of drug-likeness (QED) is 0.0890. The Morgan fingerprint density at radius 3 is 1.42 bits per heavy atom. The summed E-state index contributed by atoms with van der Waals surface area (Å²) >= 11 is 0. The molecule has 8 rings (SSSR count). The first-order chi connectivity index (χ1) is 27.8. The molecule has 17 heteroatoms. The number of rotatable bonds is 8. The van der Waals surface area contributed by atoms with Crippen LogP contribution in [0.3, 0.4) is 0 Å². The molecule has 5 N–H and O–H groups in total. The average Bonchev–Trinajstić information content (AvgIpc) is 3.80. The van der Waals surface area contributed by atoms with Gasteiger partial charge in [-0.25, -0.2) is 16.8 Å². The molecule has 2 atom stereocenters. The van der Waals surface area contributed by atoms with Crippen molar-refractivity contribution in [2.75, 3.05) is 0 Å². The Kier molecular flexibility index (Phi) is 12.8. The van der Waals surface area contributed by atoms with Crippen molar-refractivity contribution in [2.24, 2.45) is 5.73 Å². The van der Waals surface area contributed by atoms with Gasteiger partial charge in [0.1, 0.15) is 12.1 Å². The summed E-state index contributed by atoms with van der Waals surface area (Å²) in [5, 5.41) is 3.96. The summed E-state index contributed by atoms with van der Waals surface area (Å²) in [6.45, 7) is 0. The van der Waals surface area contributed by atoms with Crippen molar-refractivity contribution >= 4 is 73.1 Å². The van der Waals surface area contributed by atoms with Gasteiger partial charge in [0, 0.05) is 55.7 Å². The summed E-state index contributed by atoms with van der Waals surface area (Å²) in [5.74, 6) is 0. The van der Waals surface area contributed by atoms with Crippen LogP contribution in [0.1, 0.15) is 11.1 Å². The lowest BCUT2D eigenvalue weighted by molar-refractivity contribution is -0.151. The number of para-hydroxylation sites is 2. The van der Waals surface area contributed by atoms with Crippen molar-refractivity contribution in [2.45, 2.75) is 47.1 Å². The first kappa shape index (κ1) is 43.2. The fourth-order valence-electron chi connectivity index (χ4n) is 6.49. The molecule has 2 aromatic heterocycles. The monoisotopic (exact) mass is 872 g/mol. The predicted molar refractivity (Wildman–Crippen MR) is 219 cm³/mol. The number of hydrogen-bond donors (Lipinski definition) is 4. The van der Waals surface area contributed by atoms with Crippen LogP contribution in [0.5, 0.6) is 0 Å². The molecule has 2 unspecified atom stereocenters. The Morgan fingerprint density at radius 1 is 0.542 bits per heavy atom. The fourth-order valence-corrected chi connectivity index (χ4v) is 9.03. The molecular formula is C42H35ClF6N4O4S2. The van der Waals surface area contributed by atoms with Crippen molar-refractivity contribution in [1.82, 2.24) is 14.7 Å². The number of H-pyrrole nitrogens is 2. The summed E-state index contributed by atoms with van der Waals surface area (Å²) in [5.41, 5.74) is 7.60. The first-order valence-corrected chi connectivity index (χ1v) is 21.5. The normalized spacial score (nSPS) is 13.4. The van der Waals surface area contributed by atoms with Gasteiger partial charge >= 0.3 is 12.4 Å². The highest BCUT2D eigenvalue weighted by Crippen LogP contribution is 2.30. The van der Waals surface area contributed by atoms with Crippen molar-refractivity contribution in [3.05, 3.63) is 157 Å². The minimum absolute atomic E-state index is 0.164. The number of nitrogens with one attached hydrogen (secondary N) is 3. The fraction of sp³-hybridized carbons (Fsp3) is 0.143. The molecule has 0 radical (unpaired) electrons. The van der Waals surface area contributed by atoms with Crippen LogP contribution in [-0.4, -0.2) is 51.2 Å². The number of benzene rings is 6. The molecular weight excluding hydrogens is 838 g/mol. The lowest BCUT2D eigenvalue weighted by atomic mass is 10.1. The van der Waals surface area contributed by atoms with E-state index in [0.717, 1.165) is 16.3 Å². The van der Waals surface area contributed by atoms with Gasteiger partial charge in [-0.05, 0) is 59.0 Å². The summed E-state index contributed by atoms with van der Waals surface area (Å²) in [7, 11) is -2.75. The molecule has 0 fully saturated rings. The molecule has 0 aliphatic carbocycles. The number of sulfonamides is 1. The highest BCUT2D eigenvalue weighted by Gasteiger charge is 2.43. The molecule has 6 aromatic carbocycles. The van der Waals surface area contributed by atoms with E-state index in [0.29, 0.717) is 38.2 Å². The topological polar surface area (TPSA) is 138 Å². The van der Waals surface area contributed by atoms with E-state index in [1.165, 1.54) is 24.4 Å². The molecule has 0 aliphatic heterocycles. The van der Waals surface area contributed by atoms with Gasteiger partial charge < -0.3 is 15.7 Å². The van der Waals surface area contributed by atoms with Crippen LogP contribution in [0, 0.1) is 0 Å². The smallest absolute Gasteiger partial charge is 0.361 e. The van der Waals surface area contributed by atoms with Crippen LogP contribution in [0.2, 0.25) is 0 Å². The second-order valence-corrected chi connectivity index (χ2v) is 17.6. The van der Waals surface area contributed by atoms with Crippen LogP contribution in [0.25, 0.3) is 43.4 Å². The van der Waals surface area contributed by atoms with Crippen LogP contribution >= 0.6 is 10.7 Å². The Morgan fingerprint density at radius 2 is 0.949 bits per heavy atom. The molecule has 0 saturated carbocycles. The summed E-state index contributed by atoms with van der Waals surface area (Å²) in [6.07, 6.45) is -6.76. The van der Waals surface area contributed by atoms with Gasteiger partial charge in [-0.3, -0.25) is 0 Å². The number of alkyl halides is 6. The standard InChI is InChI=1S/C21H17F3N2O2S.C11H11F3N2.C10H7ClO2S/c22-21(23,24)20(12-15-13-25-18-10-4-3-8-16(15)18)26-29(27,28)19-11-5-7-14-6-1-2-9-17(14)19;12-11(13,14)10(15)5-7-6-16-9-4-2-1-3-8(7)9;11-14(12,13)10-7-3-5-8-4-1-2-6-9(8)10/h1-11,13,20,25-26H,12H2;1-4,6,10,16H,5,15H2;1-7H. The minimum Gasteiger partial charge on any atom is -0.361 e. The third-order valence-corrected chi connectivity index (χ3v) is 12.3. The van der Waals surface area contributed by atoms with Crippen molar-refractivity contribution in [3.8, 4) is 0 Å². The number of aromatic nitrogens is 2. The van der Waals surface area contributed by atoms with Gasteiger partial charge in [-0.15, -0.1) is 0 Å². The van der Waals surface area contributed by atoms with E-state index in [4.69, 9.17) is 16.4 Å². The number of fused-ring (bicyclic) bond motifs is 4. The molecule has 59 heavy (non-hydrogen) atoms. The molecule has 2 heterocycles. The SMILES string of the molecule is NC(Cc1c[nH]c2ccccc12)C(F)(F)F.O=S(=O)(Cl)c1cccc2ccccc12.O=S(=O)(NC(Cc1c[nH]c2ccccc12)C(F)(F)F)c1cccc2ccccc12.